The van der Waals surface area contributed by atoms with Crippen molar-refractivity contribution in [2.75, 3.05) is 24.6 Å². The van der Waals surface area contributed by atoms with Crippen molar-refractivity contribution in [1.82, 2.24) is 19.7 Å². The highest BCUT2D eigenvalue weighted by Gasteiger charge is 2.23. The smallest absolute Gasteiger partial charge is 0.161 e. The Morgan fingerprint density at radius 1 is 1.15 bits per heavy atom. The van der Waals surface area contributed by atoms with Crippen molar-refractivity contribution in [1.29, 1.82) is 0 Å². The molecule has 6 nitrogen and oxygen atoms in total. The number of aryl methyl sites for hydroxylation is 2. The summed E-state index contributed by atoms with van der Waals surface area (Å²) in [4.78, 5) is 11.5. The van der Waals surface area contributed by atoms with Crippen LogP contribution in [0.2, 0.25) is 0 Å². The molecule has 26 heavy (non-hydrogen) atoms. The van der Waals surface area contributed by atoms with Gasteiger partial charge in [0.1, 0.15) is 5.82 Å². The van der Waals surface area contributed by atoms with E-state index in [1.807, 2.05) is 54.2 Å². The van der Waals surface area contributed by atoms with Crippen molar-refractivity contribution in [3.05, 3.63) is 60.0 Å². The van der Waals surface area contributed by atoms with Crippen LogP contribution in [0.3, 0.4) is 0 Å². The van der Waals surface area contributed by atoms with Crippen molar-refractivity contribution in [2.24, 2.45) is 0 Å². The van der Waals surface area contributed by atoms with E-state index in [1.54, 1.807) is 0 Å². The number of rotatable bonds is 4. The molecule has 6 heteroatoms. The van der Waals surface area contributed by atoms with Gasteiger partial charge < -0.3 is 9.64 Å². The molecule has 0 saturated carbocycles. The van der Waals surface area contributed by atoms with Gasteiger partial charge in [-0.3, -0.25) is 4.68 Å². The second kappa shape index (κ2) is 7.25. The van der Waals surface area contributed by atoms with Crippen LogP contribution in [-0.4, -0.2) is 45.5 Å². The summed E-state index contributed by atoms with van der Waals surface area (Å²) < 4.78 is 7.99. The molecule has 1 aliphatic heterocycles. The Morgan fingerprint density at radius 3 is 2.77 bits per heavy atom. The monoisotopic (exact) mass is 349 g/mol. The second-order valence-electron chi connectivity index (χ2n) is 6.65. The molecule has 0 amide bonds. The minimum absolute atomic E-state index is 0.0943. The maximum absolute atomic E-state index is 5.97. The van der Waals surface area contributed by atoms with Crippen molar-refractivity contribution < 1.29 is 4.74 Å². The highest BCUT2D eigenvalue weighted by atomic mass is 16.5. The van der Waals surface area contributed by atoms with E-state index in [2.05, 4.69) is 28.0 Å². The third-order valence-corrected chi connectivity index (χ3v) is 4.62. The molecule has 3 heterocycles. The maximum atomic E-state index is 5.97. The topological polar surface area (TPSA) is 56.1 Å². The first kappa shape index (κ1) is 16.7. The lowest BCUT2D eigenvalue weighted by Gasteiger charge is -2.34. The number of ether oxygens (including phenoxy) is 1. The molecule has 0 unspecified atom stereocenters. The van der Waals surface area contributed by atoms with E-state index in [1.165, 1.54) is 0 Å². The molecule has 3 aromatic rings. The summed E-state index contributed by atoms with van der Waals surface area (Å²) >= 11 is 0. The second-order valence-corrected chi connectivity index (χ2v) is 6.65. The Morgan fingerprint density at radius 2 is 2.00 bits per heavy atom. The van der Waals surface area contributed by atoms with Crippen LogP contribution in [0.25, 0.3) is 11.4 Å². The fourth-order valence-electron chi connectivity index (χ4n) is 3.34. The van der Waals surface area contributed by atoms with Crippen LogP contribution in [0.1, 0.15) is 11.4 Å². The first-order valence-electron chi connectivity index (χ1n) is 8.95. The van der Waals surface area contributed by atoms with E-state index >= 15 is 0 Å². The summed E-state index contributed by atoms with van der Waals surface area (Å²) in [6, 6.07) is 14.1. The summed E-state index contributed by atoms with van der Waals surface area (Å²) in [6.07, 6.45) is 1.92. The third kappa shape index (κ3) is 3.60. The summed E-state index contributed by atoms with van der Waals surface area (Å²) in [5, 5.41) is 4.55. The fraction of sp³-hybridized carbons (Fsp3) is 0.350. The van der Waals surface area contributed by atoms with Crippen molar-refractivity contribution in [3.8, 4) is 11.4 Å². The van der Waals surface area contributed by atoms with E-state index in [0.717, 1.165) is 48.2 Å². The van der Waals surface area contributed by atoms with E-state index in [0.29, 0.717) is 6.61 Å². The molecule has 0 N–H and O–H groups in total. The number of aromatic nitrogens is 4. The molecule has 0 bridgehead atoms. The number of nitrogens with zero attached hydrogens (tertiary/aromatic N) is 5. The summed E-state index contributed by atoms with van der Waals surface area (Å²) in [6.45, 7) is 7.17. The lowest BCUT2D eigenvalue weighted by atomic mass is 10.2. The van der Waals surface area contributed by atoms with E-state index in [-0.39, 0.29) is 6.10 Å². The zero-order chi connectivity index (χ0) is 17.9. The lowest BCUT2D eigenvalue weighted by Crippen LogP contribution is -2.45. The number of hydrogen-bond donors (Lipinski definition) is 0. The van der Waals surface area contributed by atoms with Gasteiger partial charge in [0.15, 0.2) is 5.82 Å². The van der Waals surface area contributed by atoms with Gasteiger partial charge in [-0.1, -0.05) is 30.3 Å². The molecule has 134 valence electrons. The highest BCUT2D eigenvalue weighted by Crippen LogP contribution is 2.20. The number of benzene rings is 1. The van der Waals surface area contributed by atoms with E-state index in [4.69, 9.17) is 9.72 Å². The van der Waals surface area contributed by atoms with Crippen molar-refractivity contribution >= 4 is 5.82 Å². The van der Waals surface area contributed by atoms with Gasteiger partial charge in [0, 0.05) is 30.5 Å². The average Bonchev–Trinajstić information content (AvgIpc) is 3.00. The predicted octanol–water partition coefficient (Wildman–Crippen LogP) is 2.86. The fourth-order valence-corrected chi connectivity index (χ4v) is 3.34. The zero-order valence-electron chi connectivity index (χ0n) is 15.2. The van der Waals surface area contributed by atoms with E-state index in [9.17, 15) is 0 Å². The Bertz CT molecular complexity index is 877. The first-order valence-corrected chi connectivity index (χ1v) is 8.95. The molecule has 2 aromatic heterocycles. The van der Waals surface area contributed by atoms with Gasteiger partial charge in [0.05, 0.1) is 24.9 Å². The molecule has 0 spiro atoms. The molecule has 1 saturated heterocycles. The molecule has 1 aliphatic rings. The van der Waals surface area contributed by atoms with Gasteiger partial charge in [-0.2, -0.15) is 5.10 Å². The molecule has 1 fully saturated rings. The van der Waals surface area contributed by atoms with Crippen LogP contribution in [0.4, 0.5) is 5.82 Å². The van der Waals surface area contributed by atoms with Gasteiger partial charge in [0.2, 0.25) is 0 Å². The SMILES string of the molecule is Cc1cc(C)n(C[C@H]2CN(c3ccnc(-c4ccccc4)n3)CCO2)n1. The minimum Gasteiger partial charge on any atom is -0.373 e. The van der Waals surface area contributed by atoms with E-state index < -0.39 is 0 Å². The number of anilines is 1. The predicted molar refractivity (Wildman–Crippen MR) is 101 cm³/mol. The molecular weight excluding hydrogens is 326 g/mol. The Hall–Kier alpha value is -2.73. The largest absolute Gasteiger partial charge is 0.373 e. The van der Waals surface area contributed by atoms with Crippen LogP contribution < -0.4 is 4.90 Å². The number of hydrogen-bond acceptors (Lipinski definition) is 5. The zero-order valence-corrected chi connectivity index (χ0v) is 15.2. The molecular formula is C20H23N5O. The highest BCUT2D eigenvalue weighted by molar-refractivity contribution is 5.57. The Labute approximate surface area is 153 Å². The average molecular weight is 349 g/mol. The summed E-state index contributed by atoms with van der Waals surface area (Å²) in [5.41, 5.74) is 3.23. The summed E-state index contributed by atoms with van der Waals surface area (Å²) in [7, 11) is 0. The normalized spacial score (nSPS) is 17.5. The van der Waals surface area contributed by atoms with Crippen molar-refractivity contribution in [3.63, 3.8) is 0 Å². The van der Waals surface area contributed by atoms with Crippen LogP contribution in [0.5, 0.6) is 0 Å². The molecule has 1 aromatic carbocycles. The molecule has 1 atom stereocenters. The third-order valence-electron chi connectivity index (χ3n) is 4.62. The molecule has 0 radical (unpaired) electrons. The van der Waals surface area contributed by atoms with Gasteiger partial charge in [-0.15, -0.1) is 0 Å². The van der Waals surface area contributed by atoms with Crippen molar-refractivity contribution in [2.45, 2.75) is 26.5 Å². The minimum atomic E-state index is 0.0943. The Balaban J connectivity index is 1.50. The van der Waals surface area contributed by atoms with Crippen LogP contribution in [-0.2, 0) is 11.3 Å². The maximum Gasteiger partial charge on any atom is 0.161 e. The van der Waals surface area contributed by atoms with Gasteiger partial charge in [-0.25, -0.2) is 9.97 Å². The number of morpholine rings is 1. The van der Waals surface area contributed by atoms with Gasteiger partial charge >= 0.3 is 0 Å². The van der Waals surface area contributed by atoms with Gasteiger partial charge in [0.25, 0.3) is 0 Å². The standard InChI is InChI=1S/C20H23N5O/c1-15-12-16(2)25(23-15)14-18-13-24(10-11-26-18)19-8-9-21-20(22-19)17-6-4-3-5-7-17/h3-9,12,18H,10-11,13-14H2,1-2H3/t18-/m1/s1. The Kier molecular flexibility index (Phi) is 4.67. The van der Waals surface area contributed by atoms with Crippen LogP contribution >= 0.6 is 0 Å². The molecule has 4 rings (SSSR count). The van der Waals surface area contributed by atoms with Crippen LogP contribution in [0, 0.1) is 13.8 Å². The summed E-state index contributed by atoms with van der Waals surface area (Å²) in [5.74, 6) is 1.70. The molecule has 0 aliphatic carbocycles. The quantitative estimate of drug-likeness (QED) is 0.725. The lowest BCUT2D eigenvalue weighted by molar-refractivity contribution is 0.0267. The first-order chi connectivity index (χ1) is 12.7. The van der Waals surface area contributed by atoms with Crippen LogP contribution in [0.15, 0.2) is 48.7 Å². The van der Waals surface area contributed by atoms with Gasteiger partial charge in [-0.05, 0) is 26.0 Å².